The standard InChI is InChI=1S/C6H12O2.C6H13.Mg/c1-2-3-4-5-6(7)8;1-3-5-6-4-2;/h2-5H2,1H3,(H,7,8);1,3-6H2,2H3;/q;;+2. The highest BCUT2D eigenvalue weighted by Gasteiger charge is 2.19. The molecule has 0 saturated carbocycles. The van der Waals surface area contributed by atoms with Crippen LogP contribution in [0.1, 0.15) is 65.2 Å². The topological polar surface area (TPSA) is 37.3 Å². The Balaban J connectivity index is 0. The molecule has 0 unspecified atom stereocenters. The summed E-state index contributed by atoms with van der Waals surface area (Å²) in [7, 11) is 0. The third-order valence-corrected chi connectivity index (χ3v) is 2.60. The number of unbranched alkanes of at least 4 members (excludes halogenated alkanes) is 5. The van der Waals surface area contributed by atoms with Crippen LogP contribution in [0.3, 0.4) is 0 Å². The monoisotopic (exact) mass is 225 g/mol. The zero-order chi connectivity index (χ0) is 11.9. The first-order valence-corrected chi connectivity index (χ1v) is 7.20. The first-order valence-electron chi connectivity index (χ1n) is 6.20. The van der Waals surface area contributed by atoms with E-state index < -0.39 is 5.97 Å². The molecule has 0 aliphatic carbocycles. The van der Waals surface area contributed by atoms with Crippen LogP contribution < -0.4 is 0 Å². The lowest BCUT2D eigenvalue weighted by Gasteiger charge is -1.89. The molecule has 0 atom stereocenters. The van der Waals surface area contributed by atoms with Crippen molar-refractivity contribution < 1.29 is 9.90 Å². The van der Waals surface area contributed by atoms with Crippen molar-refractivity contribution in [2.24, 2.45) is 0 Å². The second kappa shape index (κ2) is 16.7. The maximum absolute atomic E-state index is 9.87. The Morgan fingerprint density at radius 3 is 1.93 bits per heavy atom. The van der Waals surface area contributed by atoms with Crippen LogP contribution in [0.5, 0.6) is 0 Å². The van der Waals surface area contributed by atoms with E-state index in [2.05, 4.69) is 35.6 Å². The Bertz CT molecular complexity index is 123. The molecule has 0 aliphatic rings. The predicted octanol–water partition coefficient (Wildman–Crippen LogP) is 3.80. The number of carboxylic acids is 1. The molecular formula is C12H25MgO2+2. The lowest BCUT2D eigenvalue weighted by atomic mass is 10.2. The third kappa shape index (κ3) is 25.0. The van der Waals surface area contributed by atoms with E-state index in [1.54, 1.807) is 0 Å². The largest absolute Gasteiger partial charge is 1.41 e. The number of rotatable bonds is 8. The molecule has 0 bridgehead atoms. The SMILES string of the molecule is CCCCCC(=O)O.CCCCC[CH2][Mg+2]. The van der Waals surface area contributed by atoms with Gasteiger partial charge in [-0.15, -0.1) is 0 Å². The highest BCUT2D eigenvalue weighted by Crippen LogP contribution is 1.99. The van der Waals surface area contributed by atoms with Gasteiger partial charge in [-0.25, -0.2) is 0 Å². The summed E-state index contributed by atoms with van der Waals surface area (Å²) in [5.74, 6) is -0.682. The minimum atomic E-state index is -0.682. The van der Waals surface area contributed by atoms with E-state index in [-0.39, 0.29) is 0 Å². The van der Waals surface area contributed by atoms with Crippen molar-refractivity contribution in [3.63, 3.8) is 0 Å². The molecule has 3 heteroatoms. The lowest BCUT2D eigenvalue weighted by Crippen LogP contribution is -1.92. The predicted molar refractivity (Wildman–Crippen MR) is 66.5 cm³/mol. The molecule has 0 amide bonds. The summed E-state index contributed by atoms with van der Waals surface area (Å²) in [4.78, 5) is 9.87. The summed E-state index contributed by atoms with van der Waals surface area (Å²) >= 11 is 2.08. The Hall–Kier alpha value is 0.236. The van der Waals surface area contributed by atoms with Crippen LogP contribution in [0.4, 0.5) is 0 Å². The minimum absolute atomic E-state index is 0.327. The van der Waals surface area contributed by atoms with Crippen LogP contribution in [0.2, 0.25) is 4.55 Å². The van der Waals surface area contributed by atoms with E-state index in [0.717, 1.165) is 19.3 Å². The Morgan fingerprint density at radius 2 is 1.53 bits per heavy atom. The van der Waals surface area contributed by atoms with E-state index in [1.807, 2.05) is 0 Å². The fourth-order valence-electron chi connectivity index (χ4n) is 1.13. The second-order valence-electron chi connectivity index (χ2n) is 3.77. The molecule has 0 aromatic carbocycles. The van der Waals surface area contributed by atoms with E-state index in [4.69, 9.17) is 5.11 Å². The van der Waals surface area contributed by atoms with E-state index >= 15 is 0 Å². The van der Waals surface area contributed by atoms with Gasteiger partial charge >= 0.3 is 27.7 Å². The van der Waals surface area contributed by atoms with Crippen LogP contribution >= 0.6 is 0 Å². The van der Waals surface area contributed by atoms with Gasteiger partial charge in [-0.2, -0.15) is 0 Å². The van der Waals surface area contributed by atoms with Crippen LogP contribution in [-0.4, -0.2) is 32.8 Å². The fourth-order valence-corrected chi connectivity index (χ4v) is 1.48. The molecule has 0 heterocycles. The van der Waals surface area contributed by atoms with Gasteiger partial charge in [0.05, 0.1) is 0 Å². The van der Waals surface area contributed by atoms with Crippen molar-refractivity contribution in [2.45, 2.75) is 69.8 Å². The maximum atomic E-state index is 9.87. The van der Waals surface area contributed by atoms with Gasteiger partial charge in [-0.05, 0) is 12.8 Å². The van der Waals surface area contributed by atoms with Crippen molar-refractivity contribution >= 4 is 27.7 Å². The molecule has 0 fully saturated rings. The summed E-state index contributed by atoms with van der Waals surface area (Å²) in [5.41, 5.74) is 0. The van der Waals surface area contributed by atoms with Crippen molar-refractivity contribution in [3.05, 3.63) is 0 Å². The Kier molecular flexibility index (Phi) is 19.6. The van der Waals surface area contributed by atoms with Crippen LogP contribution in [0.15, 0.2) is 0 Å². The molecule has 85 valence electrons. The highest BCUT2D eigenvalue weighted by molar-refractivity contribution is 6.08. The second-order valence-corrected chi connectivity index (χ2v) is 4.47. The molecule has 0 spiro atoms. The molecule has 0 aliphatic heterocycles. The molecule has 2 nitrogen and oxygen atoms in total. The molecule has 7 radical (unpaired) electrons. The quantitative estimate of drug-likeness (QED) is 0.504. The molecule has 15 heavy (non-hydrogen) atoms. The van der Waals surface area contributed by atoms with Crippen LogP contribution in [0, 0.1) is 0 Å². The summed E-state index contributed by atoms with van der Waals surface area (Å²) in [6.45, 7) is 4.31. The highest BCUT2D eigenvalue weighted by atomic mass is 24.4. The zero-order valence-electron chi connectivity index (χ0n) is 10.4. The maximum Gasteiger partial charge on any atom is 1.41 e. The average Bonchev–Trinajstić information content (AvgIpc) is 2.20. The summed E-state index contributed by atoms with van der Waals surface area (Å²) in [6.07, 6.45) is 8.95. The van der Waals surface area contributed by atoms with Crippen LogP contribution in [-0.2, 0) is 4.79 Å². The first kappa shape index (κ1) is 17.6. The smallest absolute Gasteiger partial charge is 0.481 e. The molecule has 0 saturated heterocycles. The van der Waals surface area contributed by atoms with E-state index in [9.17, 15) is 4.79 Å². The average molecular weight is 226 g/mol. The number of hydrogen-bond acceptors (Lipinski definition) is 1. The van der Waals surface area contributed by atoms with Crippen molar-refractivity contribution in [1.82, 2.24) is 0 Å². The molecule has 0 aromatic rings. The van der Waals surface area contributed by atoms with E-state index in [1.165, 1.54) is 30.2 Å². The van der Waals surface area contributed by atoms with Gasteiger partial charge < -0.3 is 5.11 Å². The summed E-state index contributed by atoms with van der Waals surface area (Å²) in [6, 6.07) is 0. The van der Waals surface area contributed by atoms with Gasteiger partial charge in [0.15, 0.2) is 0 Å². The van der Waals surface area contributed by atoms with Crippen LogP contribution in [0.25, 0.3) is 0 Å². The van der Waals surface area contributed by atoms with Crippen molar-refractivity contribution in [3.8, 4) is 0 Å². The molecule has 0 aromatic heterocycles. The Morgan fingerprint density at radius 1 is 1.00 bits per heavy atom. The molecular weight excluding hydrogens is 200 g/mol. The first-order chi connectivity index (χ1) is 7.18. The van der Waals surface area contributed by atoms with Gasteiger partial charge in [-0.1, -0.05) is 39.5 Å². The summed E-state index contributed by atoms with van der Waals surface area (Å²) < 4.78 is 1.39. The van der Waals surface area contributed by atoms with Gasteiger partial charge in [0.2, 0.25) is 0 Å². The zero-order valence-corrected chi connectivity index (χ0v) is 11.8. The fraction of sp³-hybridized carbons (Fsp3) is 0.917. The third-order valence-electron chi connectivity index (χ3n) is 2.10. The van der Waals surface area contributed by atoms with Gasteiger partial charge in [0.25, 0.3) is 4.55 Å². The number of carboxylic acid groups (broad SMARTS) is 1. The minimum Gasteiger partial charge on any atom is -0.481 e. The van der Waals surface area contributed by atoms with Gasteiger partial charge in [0.1, 0.15) is 0 Å². The van der Waals surface area contributed by atoms with E-state index in [0.29, 0.717) is 6.42 Å². The lowest BCUT2D eigenvalue weighted by molar-refractivity contribution is -0.137. The summed E-state index contributed by atoms with van der Waals surface area (Å²) in [5, 5.41) is 8.14. The van der Waals surface area contributed by atoms with Crippen molar-refractivity contribution in [2.75, 3.05) is 0 Å². The normalized spacial score (nSPS) is 9.27. The van der Waals surface area contributed by atoms with Crippen molar-refractivity contribution in [1.29, 1.82) is 0 Å². The van der Waals surface area contributed by atoms with Gasteiger partial charge in [-0.3, -0.25) is 4.79 Å². The number of aliphatic carboxylic acids is 1. The Labute approximate surface area is 107 Å². The molecule has 0 rings (SSSR count). The number of carbonyl (C=O) groups is 1. The number of hydrogen-bond donors (Lipinski definition) is 1. The molecule has 1 N–H and O–H groups in total. The van der Waals surface area contributed by atoms with Gasteiger partial charge in [0, 0.05) is 12.8 Å².